The molecule has 0 saturated heterocycles. The zero-order valence-corrected chi connectivity index (χ0v) is 20.1. The second-order valence-electron chi connectivity index (χ2n) is 9.61. The average Bonchev–Trinajstić information content (AvgIpc) is 3.37. The summed E-state index contributed by atoms with van der Waals surface area (Å²) >= 11 is 0. The summed E-state index contributed by atoms with van der Waals surface area (Å²) in [5.41, 5.74) is 9.27. The summed E-state index contributed by atoms with van der Waals surface area (Å²) in [5.74, 6) is 0. The Kier molecular flexibility index (Phi) is 4.26. The molecule has 2 nitrogen and oxygen atoms in total. The van der Waals surface area contributed by atoms with Gasteiger partial charge in [-0.1, -0.05) is 109 Å². The number of hydrogen-bond donors (Lipinski definition) is 0. The summed E-state index contributed by atoms with van der Waals surface area (Å²) < 4.78 is 2.33. The molecule has 0 amide bonds. The fourth-order valence-electron chi connectivity index (χ4n) is 5.87. The molecular formula is C35H22N2. The van der Waals surface area contributed by atoms with Crippen LogP contribution >= 0.6 is 0 Å². The molecule has 0 aliphatic rings. The molecule has 8 rings (SSSR count). The highest BCUT2D eigenvalue weighted by atomic mass is 15.0. The van der Waals surface area contributed by atoms with E-state index in [4.69, 9.17) is 4.98 Å². The minimum absolute atomic E-state index is 1.01. The molecular weight excluding hydrogens is 448 g/mol. The topological polar surface area (TPSA) is 17.3 Å². The third kappa shape index (κ3) is 2.96. The van der Waals surface area contributed by atoms with Crippen LogP contribution in [0.5, 0.6) is 0 Å². The first-order chi connectivity index (χ1) is 18.4. The summed E-state index contributed by atoms with van der Waals surface area (Å²) in [6, 6.07) is 47.8. The van der Waals surface area contributed by atoms with Crippen LogP contribution in [0.25, 0.3) is 71.4 Å². The molecule has 0 aliphatic heterocycles. The largest absolute Gasteiger partial charge is 0.292 e. The molecule has 0 spiro atoms. The average molecular weight is 471 g/mol. The molecule has 0 unspecified atom stereocenters. The zero-order valence-electron chi connectivity index (χ0n) is 20.1. The fourth-order valence-corrected chi connectivity index (χ4v) is 5.87. The van der Waals surface area contributed by atoms with Gasteiger partial charge >= 0.3 is 0 Å². The van der Waals surface area contributed by atoms with Gasteiger partial charge in [0.25, 0.3) is 0 Å². The van der Waals surface area contributed by atoms with Gasteiger partial charge in [-0.3, -0.25) is 4.40 Å². The van der Waals surface area contributed by atoms with E-state index in [1.54, 1.807) is 0 Å². The lowest BCUT2D eigenvalue weighted by atomic mass is 9.91. The van der Waals surface area contributed by atoms with Gasteiger partial charge < -0.3 is 0 Å². The lowest BCUT2D eigenvalue weighted by Gasteiger charge is -2.15. The van der Waals surface area contributed by atoms with Crippen LogP contribution in [0, 0.1) is 0 Å². The molecule has 0 fully saturated rings. The molecule has 0 saturated carbocycles. The fraction of sp³-hybridized carbons (Fsp3) is 0. The van der Waals surface area contributed by atoms with Gasteiger partial charge in [-0.25, -0.2) is 4.98 Å². The highest BCUT2D eigenvalue weighted by molar-refractivity contribution is 6.25. The third-order valence-corrected chi connectivity index (χ3v) is 7.57. The lowest BCUT2D eigenvalue weighted by Crippen LogP contribution is -1.93. The summed E-state index contributed by atoms with van der Waals surface area (Å²) in [5, 5.41) is 6.15. The predicted octanol–water partition coefficient (Wildman–Crippen LogP) is 9.28. The normalized spacial score (nSPS) is 11.8. The Morgan fingerprint density at radius 1 is 0.432 bits per heavy atom. The molecule has 0 aliphatic carbocycles. The second-order valence-corrected chi connectivity index (χ2v) is 9.61. The van der Waals surface area contributed by atoms with Crippen LogP contribution in [0.4, 0.5) is 0 Å². The highest BCUT2D eigenvalue weighted by Crippen LogP contribution is 2.41. The first-order valence-electron chi connectivity index (χ1n) is 12.7. The van der Waals surface area contributed by atoms with Crippen LogP contribution in [0.3, 0.4) is 0 Å². The molecule has 2 heteroatoms. The molecule has 0 atom stereocenters. The molecule has 2 heterocycles. The standard InChI is InChI=1S/C35H22N2/c1-2-10-23(11-3-1)24-18-20-25(21-19-24)29-22-30-27-13-6-8-16-32(27)37-33-17-9-7-15-31(33)36-35(37)34(30)28-14-5-4-12-26(28)29/h1-22H. The smallest absolute Gasteiger partial charge is 0.147 e. The molecule has 0 radical (unpaired) electrons. The number of pyridine rings is 1. The lowest BCUT2D eigenvalue weighted by molar-refractivity contribution is 1.32. The monoisotopic (exact) mass is 470 g/mol. The molecule has 0 N–H and O–H groups in total. The van der Waals surface area contributed by atoms with Crippen LogP contribution in [0.15, 0.2) is 133 Å². The minimum atomic E-state index is 1.01. The van der Waals surface area contributed by atoms with Gasteiger partial charge in [0, 0.05) is 10.8 Å². The Morgan fingerprint density at radius 2 is 1.03 bits per heavy atom. The molecule has 2 aromatic heterocycles. The molecule has 172 valence electrons. The number of rotatable bonds is 2. The predicted molar refractivity (Wildman–Crippen MR) is 156 cm³/mol. The van der Waals surface area contributed by atoms with Crippen molar-refractivity contribution in [3.8, 4) is 22.3 Å². The van der Waals surface area contributed by atoms with Gasteiger partial charge in [-0.15, -0.1) is 0 Å². The zero-order chi connectivity index (χ0) is 24.3. The Labute approximate surface area is 214 Å². The van der Waals surface area contributed by atoms with Gasteiger partial charge in [0.1, 0.15) is 5.65 Å². The van der Waals surface area contributed by atoms with Gasteiger partial charge in [0.2, 0.25) is 0 Å². The summed E-state index contributed by atoms with van der Waals surface area (Å²) in [7, 11) is 0. The molecule has 0 bridgehead atoms. The highest BCUT2D eigenvalue weighted by Gasteiger charge is 2.17. The van der Waals surface area contributed by atoms with E-state index in [2.05, 4.69) is 138 Å². The van der Waals surface area contributed by atoms with Gasteiger partial charge in [0.15, 0.2) is 0 Å². The molecule has 6 aromatic carbocycles. The summed E-state index contributed by atoms with van der Waals surface area (Å²) in [6.07, 6.45) is 0. The van der Waals surface area contributed by atoms with Crippen molar-refractivity contribution in [2.75, 3.05) is 0 Å². The Hall–Kier alpha value is -4.95. The summed E-state index contributed by atoms with van der Waals surface area (Å²) in [4.78, 5) is 5.15. The van der Waals surface area contributed by atoms with E-state index < -0.39 is 0 Å². The third-order valence-electron chi connectivity index (χ3n) is 7.57. The van der Waals surface area contributed by atoms with Crippen molar-refractivity contribution >= 4 is 49.1 Å². The molecule has 37 heavy (non-hydrogen) atoms. The molecule has 8 aromatic rings. The van der Waals surface area contributed by atoms with E-state index in [0.29, 0.717) is 0 Å². The quantitative estimate of drug-likeness (QED) is 0.230. The van der Waals surface area contributed by atoms with Gasteiger partial charge in [0.05, 0.1) is 16.6 Å². The van der Waals surface area contributed by atoms with Crippen molar-refractivity contribution in [1.29, 1.82) is 0 Å². The number of nitrogens with zero attached hydrogens (tertiary/aromatic N) is 2. The van der Waals surface area contributed by atoms with E-state index in [-0.39, 0.29) is 0 Å². The second kappa shape index (κ2) is 7.78. The number of benzene rings is 6. The number of hydrogen-bond acceptors (Lipinski definition) is 1. The van der Waals surface area contributed by atoms with Crippen LogP contribution in [-0.4, -0.2) is 9.38 Å². The Balaban J connectivity index is 1.50. The van der Waals surface area contributed by atoms with Crippen LogP contribution in [0.2, 0.25) is 0 Å². The van der Waals surface area contributed by atoms with Gasteiger partial charge in [-0.05, 0) is 62.7 Å². The van der Waals surface area contributed by atoms with Crippen molar-refractivity contribution in [3.63, 3.8) is 0 Å². The maximum Gasteiger partial charge on any atom is 0.147 e. The number of aromatic nitrogens is 2. The van der Waals surface area contributed by atoms with Crippen LogP contribution in [0.1, 0.15) is 0 Å². The van der Waals surface area contributed by atoms with Gasteiger partial charge in [-0.2, -0.15) is 0 Å². The van der Waals surface area contributed by atoms with E-state index in [1.807, 2.05) is 0 Å². The van der Waals surface area contributed by atoms with E-state index >= 15 is 0 Å². The number of para-hydroxylation sites is 3. The number of imidazole rings is 1. The summed E-state index contributed by atoms with van der Waals surface area (Å²) in [6.45, 7) is 0. The van der Waals surface area contributed by atoms with Crippen molar-refractivity contribution < 1.29 is 0 Å². The van der Waals surface area contributed by atoms with Crippen molar-refractivity contribution in [3.05, 3.63) is 133 Å². The van der Waals surface area contributed by atoms with Crippen molar-refractivity contribution in [1.82, 2.24) is 9.38 Å². The SMILES string of the molecule is c1ccc(-c2ccc(-c3cc4c5ccccc5n5c6ccccc6nc5c4c4ccccc34)cc2)cc1. The maximum atomic E-state index is 5.15. The maximum absolute atomic E-state index is 5.15. The Morgan fingerprint density at radius 3 is 1.84 bits per heavy atom. The van der Waals surface area contributed by atoms with Crippen LogP contribution < -0.4 is 0 Å². The van der Waals surface area contributed by atoms with Crippen LogP contribution in [-0.2, 0) is 0 Å². The first kappa shape index (κ1) is 20.3. The van der Waals surface area contributed by atoms with Crippen molar-refractivity contribution in [2.24, 2.45) is 0 Å². The minimum Gasteiger partial charge on any atom is -0.292 e. The van der Waals surface area contributed by atoms with E-state index in [1.165, 1.54) is 54.7 Å². The van der Waals surface area contributed by atoms with E-state index in [0.717, 1.165) is 16.7 Å². The van der Waals surface area contributed by atoms with Crippen molar-refractivity contribution in [2.45, 2.75) is 0 Å². The number of fused-ring (bicyclic) bond motifs is 10. The first-order valence-corrected chi connectivity index (χ1v) is 12.7. The van der Waals surface area contributed by atoms with E-state index in [9.17, 15) is 0 Å². The Bertz CT molecular complexity index is 2120.